The van der Waals surface area contributed by atoms with Crippen LogP contribution in [-0.2, 0) is 0 Å². The van der Waals surface area contributed by atoms with Crippen molar-refractivity contribution in [3.63, 3.8) is 0 Å². The summed E-state index contributed by atoms with van der Waals surface area (Å²) in [4.78, 5) is 18.2. The van der Waals surface area contributed by atoms with E-state index in [1.54, 1.807) is 0 Å². The van der Waals surface area contributed by atoms with Crippen molar-refractivity contribution in [2.45, 2.75) is 6.92 Å². The summed E-state index contributed by atoms with van der Waals surface area (Å²) in [5.74, 6) is -4.76. The van der Waals surface area contributed by atoms with Crippen molar-refractivity contribution in [2.24, 2.45) is 0 Å². The van der Waals surface area contributed by atoms with Gasteiger partial charge in [-0.25, -0.2) is 27.9 Å². The summed E-state index contributed by atoms with van der Waals surface area (Å²) >= 11 is 0. The Morgan fingerprint density at radius 1 is 1.25 bits per heavy atom. The van der Waals surface area contributed by atoms with Gasteiger partial charge in [-0.05, 0) is 6.92 Å². The van der Waals surface area contributed by atoms with Crippen LogP contribution in [0.15, 0.2) is 18.3 Å². The van der Waals surface area contributed by atoms with Crippen molar-refractivity contribution in [3.8, 4) is 0 Å². The number of halogens is 3. The largest absolute Gasteiger partial charge is 0.478 e. The summed E-state index contributed by atoms with van der Waals surface area (Å²) in [7, 11) is 0. The lowest BCUT2D eigenvalue weighted by molar-refractivity contribution is 0.0695. The minimum absolute atomic E-state index is 0.123. The Hall–Kier alpha value is -2.64. The van der Waals surface area contributed by atoms with E-state index in [2.05, 4.69) is 15.3 Å². The summed E-state index contributed by atoms with van der Waals surface area (Å²) in [6.45, 7) is 1.41. The zero-order valence-electron chi connectivity index (χ0n) is 10.1. The Bertz CT molecular complexity index is 669. The lowest BCUT2D eigenvalue weighted by Gasteiger charge is -2.08. The number of aromatic carboxylic acids is 1. The number of anilines is 2. The van der Waals surface area contributed by atoms with Crippen LogP contribution in [-0.4, -0.2) is 21.0 Å². The van der Waals surface area contributed by atoms with E-state index >= 15 is 0 Å². The molecule has 1 aromatic carbocycles. The van der Waals surface area contributed by atoms with Gasteiger partial charge in [0.2, 0.25) is 5.95 Å². The molecule has 8 heteroatoms. The normalized spacial score (nSPS) is 10.4. The zero-order chi connectivity index (χ0) is 14.9. The van der Waals surface area contributed by atoms with E-state index in [0.717, 1.165) is 6.20 Å². The van der Waals surface area contributed by atoms with Crippen LogP contribution in [0.5, 0.6) is 0 Å². The smallest absolute Gasteiger partial charge is 0.339 e. The Morgan fingerprint density at radius 3 is 2.35 bits per heavy atom. The molecule has 2 rings (SSSR count). The van der Waals surface area contributed by atoms with Gasteiger partial charge in [-0.3, -0.25) is 0 Å². The van der Waals surface area contributed by atoms with E-state index in [1.165, 1.54) is 6.92 Å². The second-order valence-electron chi connectivity index (χ2n) is 3.87. The predicted molar refractivity (Wildman–Crippen MR) is 63.3 cm³/mol. The molecule has 2 N–H and O–H groups in total. The SMILES string of the molecule is Cc1nc(Nc2c(F)cc(F)cc2F)ncc1C(=O)O. The van der Waals surface area contributed by atoms with Crippen LogP contribution in [0.25, 0.3) is 0 Å². The van der Waals surface area contributed by atoms with Crippen molar-refractivity contribution in [1.29, 1.82) is 0 Å². The van der Waals surface area contributed by atoms with Crippen LogP contribution in [0.3, 0.4) is 0 Å². The first-order valence-corrected chi connectivity index (χ1v) is 5.37. The Morgan fingerprint density at radius 2 is 1.85 bits per heavy atom. The number of carbonyl (C=O) groups is 1. The van der Waals surface area contributed by atoms with E-state index in [9.17, 15) is 18.0 Å². The molecule has 0 aliphatic rings. The number of carboxylic acids is 1. The maximum absolute atomic E-state index is 13.4. The minimum Gasteiger partial charge on any atom is -0.478 e. The molecule has 0 radical (unpaired) electrons. The molecule has 0 saturated carbocycles. The van der Waals surface area contributed by atoms with Gasteiger partial charge >= 0.3 is 5.97 Å². The second kappa shape index (κ2) is 5.16. The topological polar surface area (TPSA) is 75.1 Å². The maximum atomic E-state index is 13.4. The minimum atomic E-state index is -1.21. The Kier molecular flexibility index (Phi) is 3.55. The van der Waals surface area contributed by atoms with E-state index in [0.29, 0.717) is 12.1 Å². The Balaban J connectivity index is 2.36. The predicted octanol–water partition coefficient (Wildman–Crippen LogP) is 2.64. The molecule has 5 nitrogen and oxygen atoms in total. The fraction of sp³-hybridized carbons (Fsp3) is 0.0833. The lowest BCUT2D eigenvalue weighted by atomic mass is 10.2. The molecule has 1 heterocycles. The highest BCUT2D eigenvalue weighted by molar-refractivity contribution is 5.88. The average molecular weight is 283 g/mol. The number of aromatic nitrogens is 2. The summed E-state index contributed by atoms with van der Waals surface area (Å²) in [6.07, 6.45) is 1.01. The molecule has 0 aliphatic carbocycles. The molecule has 0 unspecified atom stereocenters. The van der Waals surface area contributed by atoms with Crippen LogP contribution in [0.4, 0.5) is 24.8 Å². The van der Waals surface area contributed by atoms with Gasteiger partial charge in [0.1, 0.15) is 11.5 Å². The van der Waals surface area contributed by atoms with Crippen LogP contribution < -0.4 is 5.32 Å². The molecule has 0 spiro atoms. The molecule has 2 aromatic rings. The van der Waals surface area contributed by atoms with E-state index < -0.39 is 29.1 Å². The van der Waals surface area contributed by atoms with Crippen molar-refractivity contribution in [2.75, 3.05) is 5.32 Å². The van der Waals surface area contributed by atoms with Crippen LogP contribution in [0, 0.1) is 24.4 Å². The Labute approximate surface area is 111 Å². The molecule has 20 heavy (non-hydrogen) atoms. The van der Waals surface area contributed by atoms with Crippen LogP contribution >= 0.6 is 0 Å². The fourth-order valence-electron chi connectivity index (χ4n) is 1.51. The van der Waals surface area contributed by atoms with Gasteiger partial charge in [-0.1, -0.05) is 0 Å². The lowest BCUT2D eigenvalue weighted by Crippen LogP contribution is -2.07. The summed E-state index contributed by atoms with van der Waals surface area (Å²) in [5, 5.41) is 11.0. The molecule has 1 aromatic heterocycles. The van der Waals surface area contributed by atoms with Gasteiger partial charge in [0, 0.05) is 18.3 Å². The zero-order valence-corrected chi connectivity index (χ0v) is 10.1. The third-order valence-electron chi connectivity index (χ3n) is 2.45. The molecular formula is C12H8F3N3O2. The molecule has 0 amide bonds. The maximum Gasteiger partial charge on any atom is 0.339 e. The average Bonchev–Trinajstić information content (AvgIpc) is 2.33. The van der Waals surface area contributed by atoms with Gasteiger partial charge < -0.3 is 10.4 Å². The quantitative estimate of drug-likeness (QED) is 0.905. The summed E-state index contributed by atoms with van der Waals surface area (Å²) < 4.78 is 39.6. The molecule has 0 bridgehead atoms. The van der Waals surface area contributed by atoms with Gasteiger partial charge in [0.25, 0.3) is 0 Å². The number of benzene rings is 1. The number of hydrogen-bond donors (Lipinski definition) is 2. The van der Waals surface area contributed by atoms with Gasteiger partial charge in [-0.2, -0.15) is 0 Å². The van der Waals surface area contributed by atoms with Gasteiger partial charge in [0.15, 0.2) is 11.6 Å². The van der Waals surface area contributed by atoms with Gasteiger partial charge in [-0.15, -0.1) is 0 Å². The summed E-state index contributed by atoms with van der Waals surface area (Å²) in [6, 6.07) is 1.01. The van der Waals surface area contributed by atoms with Crippen molar-refractivity contribution in [3.05, 3.63) is 47.0 Å². The second-order valence-corrected chi connectivity index (χ2v) is 3.87. The van der Waals surface area contributed by atoms with Crippen molar-refractivity contribution >= 4 is 17.6 Å². The fourth-order valence-corrected chi connectivity index (χ4v) is 1.51. The molecule has 0 atom stereocenters. The molecule has 104 valence electrons. The first kappa shape index (κ1) is 13.8. The number of aryl methyl sites for hydroxylation is 1. The molecule has 0 aliphatic heterocycles. The first-order valence-electron chi connectivity index (χ1n) is 5.37. The molecular weight excluding hydrogens is 275 g/mol. The standard InChI is InChI=1S/C12H8F3N3O2/c1-5-7(11(19)20)4-16-12(17-5)18-10-8(14)2-6(13)3-9(10)15/h2-4H,1H3,(H,19,20)(H,16,17,18). The first-order chi connectivity index (χ1) is 9.38. The van der Waals surface area contributed by atoms with Crippen LogP contribution in [0.1, 0.15) is 16.1 Å². The monoisotopic (exact) mass is 283 g/mol. The number of rotatable bonds is 3. The summed E-state index contributed by atoms with van der Waals surface area (Å²) in [5.41, 5.74) is -0.623. The van der Waals surface area contributed by atoms with Crippen LogP contribution in [0.2, 0.25) is 0 Å². The van der Waals surface area contributed by atoms with Crippen molar-refractivity contribution in [1.82, 2.24) is 9.97 Å². The number of carboxylic acid groups (broad SMARTS) is 1. The highest BCUT2D eigenvalue weighted by atomic mass is 19.1. The highest BCUT2D eigenvalue weighted by Gasteiger charge is 2.14. The third-order valence-corrected chi connectivity index (χ3v) is 2.45. The van der Waals surface area contributed by atoms with E-state index in [-0.39, 0.29) is 17.2 Å². The molecule has 0 saturated heterocycles. The van der Waals surface area contributed by atoms with E-state index in [1.807, 2.05) is 0 Å². The number of nitrogens with one attached hydrogen (secondary N) is 1. The number of nitrogens with zero attached hydrogens (tertiary/aromatic N) is 2. The van der Waals surface area contributed by atoms with Crippen molar-refractivity contribution < 1.29 is 23.1 Å². The number of hydrogen-bond acceptors (Lipinski definition) is 4. The highest BCUT2D eigenvalue weighted by Crippen LogP contribution is 2.23. The van der Waals surface area contributed by atoms with Gasteiger partial charge in [0.05, 0.1) is 11.3 Å². The van der Waals surface area contributed by atoms with E-state index in [4.69, 9.17) is 5.11 Å². The molecule has 0 fully saturated rings. The third kappa shape index (κ3) is 2.68.